The van der Waals surface area contributed by atoms with Crippen molar-refractivity contribution in [3.8, 4) is 0 Å². The third-order valence-corrected chi connectivity index (χ3v) is 2.94. The van der Waals surface area contributed by atoms with E-state index in [1.165, 1.54) is 42.7 Å². The number of aryl methyl sites for hydroxylation is 1. The van der Waals surface area contributed by atoms with Gasteiger partial charge >= 0.3 is 0 Å². The van der Waals surface area contributed by atoms with Crippen LogP contribution in [-0.4, -0.2) is 13.1 Å². The van der Waals surface area contributed by atoms with Gasteiger partial charge in [-0.2, -0.15) is 0 Å². The quantitative estimate of drug-likeness (QED) is 0.840. The van der Waals surface area contributed by atoms with Crippen molar-refractivity contribution in [2.75, 3.05) is 18.0 Å². The van der Waals surface area contributed by atoms with Gasteiger partial charge in [0.2, 0.25) is 0 Å². The van der Waals surface area contributed by atoms with Gasteiger partial charge in [-0.1, -0.05) is 12.1 Å². The number of nitrogens with two attached hydrogens (primary N) is 1. The minimum Gasteiger partial charge on any atom is -0.371 e. The Bertz CT molecular complexity index is 319. The number of nitrogens with zero attached hydrogens (tertiary/aromatic N) is 1. The van der Waals surface area contributed by atoms with Crippen molar-refractivity contribution in [1.82, 2.24) is 0 Å². The molecule has 1 aromatic rings. The minimum atomic E-state index is 0. The Hall–Kier alpha value is -0.730. The van der Waals surface area contributed by atoms with E-state index in [1.807, 2.05) is 0 Å². The van der Waals surface area contributed by atoms with Crippen LogP contribution in [0.1, 0.15) is 24.0 Å². The normalized spacial score (nSPS) is 15.2. The van der Waals surface area contributed by atoms with Crippen LogP contribution in [0.15, 0.2) is 18.2 Å². The lowest BCUT2D eigenvalue weighted by Crippen LogP contribution is -2.18. The molecule has 3 heteroatoms. The van der Waals surface area contributed by atoms with Crippen LogP contribution in [0.3, 0.4) is 0 Å². The highest BCUT2D eigenvalue weighted by atomic mass is 35.5. The lowest BCUT2D eigenvalue weighted by atomic mass is 10.1. The summed E-state index contributed by atoms with van der Waals surface area (Å²) in [5.74, 6) is 0. The fraction of sp³-hybridized carbons (Fsp3) is 0.500. The van der Waals surface area contributed by atoms with E-state index in [0.29, 0.717) is 6.54 Å². The van der Waals surface area contributed by atoms with E-state index in [2.05, 4.69) is 30.0 Å². The average molecular weight is 227 g/mol. The SMILES string of the molecule is Cc1cc(CN)ccc1N1CCCC1.Cl. The van der Waals surface area contributed by atoms with Crippen molar-refractivity contribution in [2.45, 2.75) is 26.3 Å². The van der Waals surface area contributed by atoms with E-state index in [9.17, 15) is 0 Å². The van der Waals surface area contributed by atoms with Crippen molar-refractivity contribution >= 4 is 18.1 Å². The number of halogens is 1. The highest BCUT2D eigenvalue weighted by molar-refractivity contribution is 5.85. The van der Waals surface area contributed by atoms with Crippen molar-refractivity contribution < 1.29 is 0 Å². The molecule has 2 N–H and O–H groups in total. The topological polar surface area (TPSA) is 29.3 Å². The molecule has 0 atom stereocenters. The highest BCUT2D eigenvalue weighted by Crippen LogP contribution is 2.24. The molecule has 0 aromatic heterocycles. The van der Waals surface area contributed by atoms with Gasteiger partial charge in [-0.15, -0.1) is 12.4 Å². The van der Waals surface area contributed by atoms with Crippen LogP contribution in [0.5, 0.6) is 0 Å². The van der Waals surface area contributed by atoms with Gasteiger partial charge in [0.1, 0.15) is 0 Å². The van der Waals surface area contributed by atoms with Gasteiger partial charge < -0.3 is 10.6 Å². The summed E-state index contributed by atoms with van der Waals surface area (Å²) in [6.45, 7) is 5.24. The fourth-order valence-electron chi connectivity index (χ4n) is 2.16. The van der Waals surface area contributed by atoms with Gasteiger partial charge in [-0.25, -0.2) is 0 Å². The van der Waals surface area contributed by atoms with E-state index < -0.39 is 0 Å². The molecule has 1 heterocycles. The van der Waals surface area contributed by atoms with E-state index >= 15 is 0 Å². The average Bonchev–Trinajstić information content (AvgIpc) is 2.70. The first kappa shape index (κ1) is 12.3. The number of anilines is 1. The van der Waals surface area contributed by atoms with Gasteiger partial charge in [-0.3, -0.25) is 0 Å². The number of hydrogen-bond acceptors (Lipinski definition) is 2. The molecule has 0 radical (unpaired) electrons. The lowest BCUT2D eigenvalue weighted by molar-refractivity contribution is 0.949. The van der Waals surface area contributed by atoms with Gasteiger partial charge in [0, 0.05) is 25.3 Å². The summed E-state index contributed by atoms with van der Waals surface area (Å²) in [5, 5.41) is 0. The summed E-state index contributed by atoms with van der Waals surface area (Å²) in [4.78, 5) is 2.47. The summed E-state index contributed by atoms with van der Waals surface area (Å²) in [6, 6.07) is 6.55. The molecule has 0 amide bonds. The maximum absolute atomic E-state index is 5.61. The zero-order chi connectivity index (χ0) is 9.97. The third-order valence-electron chi connectivity index (χ3n) is 2.94. The second kappa shape index (κ2) is 5.38. The molecular formula is C12H19ClN2. The van der Waals surface area contributed by atoms with Gasteiger partial charge in [0.05, 0.1) is 0 Å². The zero-order valence-electron chi connectivity index (χ0n) is 9.20. The standard InChI is InChI=1S/C12H18N2.ClH/c1-10-8-11(9-13)4-5-12(10)14-6-2-3-7-14;/h4-5,8H,2-3,6-7,9,13H2,1H3;1H. The Balaban J connectivity index is 0.00000112. The molecule has 0 spiro atoms. The predicted octanol–water partition coefficient (Wildman–Crippen LogP) is 2.48. The van der Waals surface area contributed by atoms with Crippen molar-refractivity contribution in [2.24, 2.45) is 5.73 Å². The Kier molecular flexibility index (Phi) is 4.43. The first-order valence-electron chi connectivity index (χ1n) is 5.36. The van der Waals surface area contributed by atoms with Crippen molar-refractivity contribution in [1.29, 1.82) is 0 Å². The van der Waals surface area contributed by atoms with Crippen molar-refractivity contribution in [3.63, 3.8) is 0 Å². The third kappa shape index (κ3) is 2.64. The highest BCUT2D eigenvalue weighted by Gasteiger charge is 2.13. The second-order valence-corrected chi connectivity index (χ2v) is 4.02. The van der Waals surface area contributed by atoms with Crippen LogP contribution in [0.4, 0.5) is 5.69 Å². The van der Waals surface area contributed by atoms with Crippen LogP contribution in [0.25, 0.3) is 0 Å². The van der Waals surface area contributed by atoms with Crippen molar-refractivity contribution in [3.05, 3.63) is 29.3 Å². The molecule has 1 aromatic carbocycles. The van der Waals surface area contributed by atoms with E-state index in [1.54, 1.807) is 0 Å². The molecule has 1 fully saturated rings. The molecule has 1 aliphatic heterocycles. The summed E-state index contributed by atoms with van der Waals surface area (Å²) >= 11 is 0. The number of rotatable bonds is 2. The molecule has 1 aliphatic rings. The maximum Gasteiger partial charge on any atom is 0.0396 e. The Labute approximate surface area is 97.9 Å². The summed E-state index contributed by atoms with van der Waals surface area (Å²) in [5.41, 5.74) is 9.58. The smallest absolute Gasteiger partial charge is 0.0396 e. The van der Waals surface area contributed by atoms with Crippen LogP contribution < -0.4 is 10.6 Å². The number of benzene rings is 1. The summed E-state index contributed by atoms with van der Waals surface area (Å²) in [6.07, 6.45) is 2.66. The Morgan fingerprint density at radius 2 is 1.93 bits per heavy atom. The molecule has 15 heavy (non-hydrogen) atoms. The van der Waals surface area contributed by atoms with Crippen LogP contribution in [-0.2, 0) is 6.54 Å². The molecule has 0 unspecified atom stereocenters. The maximum atomic E-state index is 5.61. The Morgan fingerprint density at radius 1 is 1.27 bits per heavy atom. The molecule has 0 bridgehead atoms. The number of hydrogen-bond donors (Lipinski definition) is 1. The molecule has 2 rings (SSSR count). The van der Waals surface area contributed by atoms with Gasteiger partial charge in [0.15, 0.2) is 0 Å². The molecule has 0 saturated carbocycles. The van der Waals surface area contributed by atoms with E-state index in [-0.39, 0.29) is 12.4 Å². The molecule has 0 aliphatic carbocycles. The lowest BCUT2D eigenvalue weighted by Gasteiger charge is -2.20. The summed E-state index contributed by atoms with van der Waals surface area (Å²) in [7, 11) is 0. The zero-order valence-corrected chi connectivity index (χ0v) is 10.0. The van der Waals surface area contributed by atoms with E-state index in [4.69, 9.17) is 5.73 Å². The van der Waals surface area contributed by atoms with Crippen LogP contribution >= 0.6 is 12.4 Å². The molecule has 1 saturated heterocycles. The minimum absolute atomic E-state index is 0. The predicted molar refractivity (Wildman–Crippen MR) is 67.8 cm³/mol. The van der Waals surface area contributed by atoms with Crippen LogP contribution in [0, 0.1) is 6.92 Å². The largest absolute Gasteiger partial charge is 0.371 e. The summed E-state index contributed by atoms with van der Waals surface area (Å²) < 4.78 is 0. The monoisotopic (exact) mass is 226 g/mol. The van der Waals surface area contributed by atoms with Crippen LogP contribution in [0.2, 0.25) is 0 Å². The molecule has 2 nitrogen and oxygen atoms in total. The van der Waals surface area contributed by atoms with Gasteiger partial charge in [-0.05, 0) is 37.0 Å². The molecule has 84 valence electrons. The molecular weight excluding hydrogens is 208 g/mol. The van der Waals surface area contributed by atoms with Gasteiger partial charge in [0.25, 0.3) is 0 Å². The fourth-order valence-corrected chi connectivity index (χ4v) is 2.16. The first-order valence-corrected chi connectivity index (χ1v) is 5.36. The van der Waals surface area contributed by atoms with E-state index in [0.717, 1.165) is 0 Å². The second-order valence-electron chi connectivity index (χ2n) is 4.02. The first-order chi connectivity index (χ1) is 6.81. The Morgan fingerprint density at radius 3 is 2.47 bits per heavy atom.